The second-order valence-corrected chi connectivity index (χ2v) is 9.08. The van der Waals surface area contributed by atoms with E-state index >= 15 is 0 Å². The third-order valence-electron chi connectivity index (χ3n) is 6.44. The molecular weight excluding hydrogens is 444 g/mol. The van der Waals surface area contributed by atoms with Crippen molar-refractivity contribution in [1.29, 1.82) is 0 Å². The van der Waals surface area contributed by atoms with Crippen molar-refractivity contribution in [2.24, 2.45) is 0 Å². The van der Waals surface area contributed by atoms with Gasteiger partial charge in [-0.25, -0.2) is 0 Å². The monoisotopic (exact) mass is 474 g/mol. The van der Waals surface area contributed by atoms with Crippen LogP contribution in [0, 0.1) is 6.92 Å². The number of hydrogen-bond acceptors (Lipinski definition) is 3. The highest BCUT2D eigenvalue weighted by Crippen LogP contribution is 2.28. The molecule has 4 nitrogen and oxygen atoms in total. The van der Waals surface area contributed by atoms with E-state index in [1.54, 1.807) is 0 Å². The Labute approximate surface area is 212 Å². The fourth-order valence-corrected chi connectivity index (χ4v) is 4.42. The molecule has 0 saturated carbocycles. The maximum Gasteiger partial charge on any atom is 0.186 e. The molecule has 0 amide bonds. The van der Waals surface area contributed by atoms with Crippen LogP contribution in [0.25, 0.3) is 10.9 Å². The lowest BCUT2D eigenvalue weighted by Crippen LogP contribution is -2.30. The van der Waals surface area contributed by atoms with Crippen molar-refractivity contribution < 1.29 is 9.53 Å². The summed E-state index contributed by atoms with van der Waals surface area (Å²) in [7, 11) is 0. The molecule has 0 saturated heterocycles. The lowest BCUT2D eigenvalue weighted by molar-refractivity contribution is 0.0945. The average Bonchev–Trinajstić information content (AvgIpc) is 3.35. The van der Waals surface area contributed by atoms with Gasteiger partial charge in [-0.1, -0.05) is 90.5 Å². The zero-order chi connectivity index (χ0) is 24.7. The van der Waals surface area contributed by atoms with E-state index in [2.05, 4.69) is 41.5 Å². The topological polar surface area (TPSA) is 54.1 Å². The summed E-state index contributed by atoms with van der Waals surface area (Å²) in [6, 6.07) is 34.0. The van der Waals surface area contributed by atoms with Crippen molar-refractivity contribution in [3.8, 4) is 5.75 Å². The van der Waals surface area contributed by atoms with E-state index in [1.165, 1.54) is 11.1 Å². The van der Waals surface area contributed by atoms with E-state index in [1.807, 2.05) is 85.1 Å². The highest BCUT2D eigenvalue weighted by molar-refractivity contribution is 6.10. The summed E-state index contributed by atoms with van der Waals surface area (Å²) >= 11 is 0. The molecule has 1 heterocycles. The number of Topliss-reactive ketones (excluding diaryl/α,β-unsaturated/α-hetero) is 1. The van der Waals surface area contributed by atoms with E-state index in [9.17, 15) is 4.79 Å². The van der Waals surface area contributed by atoms with Crippen LogP contribution >= 0.6 is 0 Å². The maximum absolute atomic E-state index is 13.8. The van der Waals surface area contributed by atoms with Crippen molar-refractivity contribution in [2.45, 2.75) is 26.0 Å². The lowest BCUT2D eigenvalue weighted by Gasteiger charge is -2.18. The Morgan fingerprint density at radius 1 is 0.861 bits per heavy atom. The maximum atomic E-state index is 13.8. The molecular formula is C32H30N2O2. The van der Waals surface area contributed by atoms with Gasteiger partial charge in [0.15, 0.2) is 5.78 Å². The third kappa shape index (κ3) is 5.56. The number of aryl methyl sites for hydroxylation is 1. The number of H-pyrrole nitrogens is 1. The molecule has 5 rings (SSSR count). The fourth-order valence-electron chi connectivity index (χ4n) is 4.42. The fraction of sp³-hybridized carbons (Fsp3) is 0.156. The number of hydrogen-bond donors (Lipinski definition) is 2. The van der Waals surface area contributed by atoms with E-state index in [4.69, 9.17) is 4.74 Å². The molecule has 1 atom stereocenters. The first-order valence-electron chi connectivity index (χ1n) is 12.3. The zero-order valence-electron chi connectivity index (χ0n) is 20.4. The van der Waals surface area contributed by atoms with Crippen molar-refractivity contribution >= 4 is 16.7 Å². The summed E-state index contributed by atoms with van der Waals surface area (Å²) in [6.07, 6.45) is 2.67. The second kappa shape index (κ2) is 11.1. The van der Waals surface area contributed by atoms with Gasteiger partial charge >= 0.3 is 0 Å². The van der Waals surface area contributed by atoms with Crippen molar-refractivity contribution in [3.63, 3.8) is 0 Å². The van der Waals surface area contributed by atoms with Crippen LogP contribution in [-0.2, 0) is 13.0 Å². The lowest BCUT2D eigenvalue weighted by atomic mass is 9.96. The van der Waals surface area contributed by atoms with Gasteiger partial charge in [-0.3, -0.25) is 4.79 Å². The molecule has 0 unspecified atom stereocenters. The van der Waals surface area contributed by atoms with Crippen LogP contribution in [0.15, 0.2) is 109 Å². The summed E-state index contributed by atoms with van der Waals surface area (Å²) in [6.45, 7) is 3.29. The molecule has 4 aromatic carbocycles. The third-order valence-corrected chi connectivity index (χ3v) is 6.44. The molecule has 5 aromatic rings. The van der Waals surface area contributed by atoms with Gasteiger partial charge in [0.05, 0.1) is 6.04 Å². The van der Waals surface area contributed by atoms with Crippen molar-refractivity contribution in [3.05, 3.63) is 137 Å². The van der Waals surface area contributed by atoms with Gasteiger partial charge in [-0.2, -0.15) is 0 Å². The number of ether oxygens (including phenoxy) is 1. The van der Waals surface area contributed by atoms with Gasteiger partial charge in [0.25, 0.3) is 0 Å². The molecule has 0 spiro atoms. The normalized spacial score (nSPS) is 11.9. The number of aromatic amines is 1. The summed E-state index contributed by atoms with van der Waals surface area (Å²) in [5.41, 5.74) is 6.14. The van der Waals surface area contributed by atoms with Crippen LogP contribution in [0.3, 0.4) is 0 Å². The minimum atomic E-state index is -0.426. The first kappa shape index (κ1) is 23.6. The van der Waals surface area contributed by atoms with E-state index < -0.39 is 6.04 Å². The SMILES string of the molecule is Cc1ccc(CCN[C@@H](C(=O)c2c[nH]c3cc(OCc4ccccc4)ccc23)c2ccccc2)cc1. The van der Waals surface area contributed by atoms with Gasteiger partial charge in [0.1, 0.15) is 12.4 Å². The van der Waals surface area contributed by atoms with Crippen LogP contribution in [0.1, 0.15) is 38.7 Å². The van der Waals surface area contributed by atoms with E-state index in [0.29, 0.717) is 18.7 Å². The molecule has 1 aromatic heterocycles. The number of ketones is 1. The Balaban J connectivity index is 1.33. The second-order valence-electron chi connectivity index (χ2n) is 9.08. The van der Waals surface area contributed by atoms with E-state index in [0.717, 1.165) is 34.2 Å². The standard InChI is InChI=1S/C32H30N2O2/c1-23-12-14-24(15-13-23)18-19-33-31(26-10-6-3-7-11-26)32(35)29-21-34-30-20-27(16-17-28(29)30)36-22-25-8-4-2-5-9-25/h2-17,20-21,31,33-34H,18-19,22H2,1H3/t31-/m1/s1. The molecule has 0 bridgehead atoms. The highest BCUT2D eigenvalue weighted by Gasteiger charge is 2.24. The molecule has 0 aliphatic heterocycles. The molecule has 0 radical (unpaired) electrons. The zero-order valence-corrected chi connectivity index (χ0v) is 20.4. The van der Waals surface area contributed by atoms with Gasteiger partial charge in [0.2, 0.25) is 0 Å². The Morgan fingerprint density at radius 2 is 1.58 bits per heavy atom. The largest absolute Gasteiger partial charge is 0.489 e. The van der Waals surface area contributed by atoms with Crippen LogP contribution in [0.2, 0.25) is 0 Å². The molecule has 0 aliphatic rings. The summed E-state index contributed by atoms with van der Waals surface area (Å²) in [4.78, 5) is 17.1. The van der Waals surface area contributed by atoms with E-state index in [-0.39, 0.29) is 5.78 Å². The predicted octanol–water partition coefficient (Wildman–Crippen LogP) is 6.81. The summed E-state index contributed by atoms with van der Waals surface area (Å²) in [5.74, 6) is 0.817. The Hall–Kier alpha value is -4.15. The van der Waals surface area contributed by atoms with Gasteiger partial charge in [-0.15, -0.1) is 0 Å². The minimum absolute atomic E-state index is 0.0503. The quantitative estimate of drug-likeness (QED) is 0.219. The van der Waals surface area contributed by atoms with Gasteiger partial charge < -0.3 is 15.0 Å². The van der Waals surface area contributed by atoms with Crippen LogP contribution < -0.4 is 10.1 Å². The predicted molar refractivity (Wildman–Crippen MR) is 145 cm³/mol. The minimum Gasteiger partial charge on any atom is -0.489 e. The van der Waals surface area contributed by atoms with Crippen LogP contribution in [0.4, 0.5) is 0 Å². The number of carbonyl (C=O) groups excluding carboxylic acids is 1. The molecule has 180 valence electrons. The average molecular weight is 475 g/mol. The van der Waals surface area contributed by atoms with Crippen molar-refractivity contribution in [1.82, 2.24) is 10.3 Å². The molecule has 0 aliphatic carbocycles. The highest BCUT2D eigenvalue weighted by atomic mass is 16.5. The Bertz CT molecular complexity index is 1420. The number of nitrogens with one attached hydrogen (secondary N) is 2. The van der Waals surface area contributed by atoms with Gasteiger partial charge in [0, 0.05) is 35.3 Å². The van der Waals surface area contributed by atoms with Crippen LogP contribution in [0.5, 0.6) is 5.75 Å². The van der Waals surface area contributed by atoms with Gasteiger partial charge in [-0.05, 0) is 42.2 Å². The first-order chi connectivity index (χ1) is 17.7. The Morgan fingerprint density at radius 3 is 2.33 bits per heavy atom. The smallest absolute Gasteiger partial charge is 0.186 e. The van der Waals surface area contributed by atoms with Crippen LogP contribution in [-0.4, -0.2) is 17.3 Å². The number of benzene rings is 4. The number of rotatable bonds is 10. The summed E-state index contributed by atoms with van der Waals surface area (Å²) < 4.78 is 5.97. The number of aromatic nitrogens is 1. The number of carbonyl (C=O) groups is 1. The number of fused-ring (bicyclic) bond motifs is 1. The molecule has 36 heavy (non-hydrogen) atoms. The van der Waals surface area contributed by atoms with Crippen molar-refractivity contribution in [2.75, 3.05) is 6.54 Å². The first-order valence-corrected chi connectivity index (χ1v) is 12.3. The molecule has 0 fully saturated rings. The summed E-state index contributed by atoms with van der Waals surface area (Å²) in [5, 5.41) is 4.41. The molecule has 4 heteroatoms. The Kier molecular flexibility index (Phi) is 7.25. The molecule has 2 N–H and O–H groups in total.